The number of carbonyl (C=O) groups excluding carboxylic acids is 2. The number of hydrogen-bond donors (Lipinski definition) is 2. The van der Waals surface area contributed by atoms with E-state index < -0.39 is 5.91 Å². The first-order valence-electron chi connectivity index (χ1n) is 7.98. The molecule has 134 valence electrons. The van der Waals surface area contributed by atoms with Crippen molar-refractivity contribution in [2.45, 2.75) is 13.8 Å². The fourth-order valence-electron chi connectivity index (χ4n) is 2.74. The summed E-state index contributed by atoms with van der Waals surface area (Å²) < 4.78 is 6.86. The summed E-state index contributed by atoms with van der Waals surface area (Å²) in [6, 6.07) is 8.43. The number of fused-ring (bicyclic) bond motifs is 1. The van der Waals surface area contributed by atoms with Gasteiger partial charge in [0.05, 0.1) is 16.6 Å². The number of primary amides is 1. The summed E-state index contributed by atoms with van der Waals surface area (Å²) in [5, 5.41) is 7.94. The molecule has 3 rings (SSSR count). The van der Waals surface area contributed by atoms with Gasteiger partial charge in [0.15, 0.2) is 12.3 Å². The summed E-state index contributed by atoms with van der Waals surface area (Å²) in [5.41, 5.74) is 8.31. The van der Waals surface area contributed by atoms with E-state index in [0.29, 0.717) is 22.6 Å². The Morgan fingerprint density at radius 3 is 2.58 bits per heavy atom. The number of anilines is 1. The number of carbonyl (C=O) groups is 2. The normalized spacial score (nSPS) is 10.7. The number of pyridine rings is 1. The Hall–Kier alpha value is -3.42. The minimum atomic E-state index is -0.550. The van der Waals surface area contributed by atoms with Crippen molar-refractivity contribution in [2.24, 2.45) is 12.8 Å². The van der Waals surface area contributed by atoms with Crippen LogP contribution >= 0.6 is 0 Å². The lowest BCUT2D eigenvalue weighted by molar-refractivity contribution is -0.119. The van der Waals surface area contributed by atoms with Gasteiger partial charge >= 0.3 is 0 Å². The van der Waals surface area contributed by atoms with Crippen LogP contribution in [-0.2, 0) is 11.8 Å². The lowest BCUT2D eigenvalue weighted by Crippen LogP contribution is -2.20. The minimum absolute atomic E-state index is 0.194. The molecule has 0 aliphatic carbocycles. The highest BCUT2D eigenvalue weighted by Crippen LogP contribution is 2.23. The number of hydrogen-bond acceptors (Lipinski definition) is 5. The third-order valence-corrected chi connectivity index (χ3v) is 3.83. The Kier molecular flexibility index (Phi) is 4.57. The van der Waals surface area contributed by atoms with Crippen molar-refractivity contribution in [2.75, 3.05) is 11.9 Å². The number of nitrogens with one attached hydrogen (secondary N) is 1. The quantitative estimate of drug-likeness (QED) is 0.725. The zero-order valence-electron chi connectivity index (χ0n) is 14.7. The van der Waals surface area contributed by atoms with Crippen LogP contribution in [0.15, 0.2) is 30.3 Å². The maximum absolute atomic E-state index is 12.8. The second-order valence-corrected chi connectivity index (χ2v) is 5.95. The maximum Gasteiger partial charge on any atom is 0.256 e. The first-order chi connectivity index (χ1) is 12.3. The van der Waals surface area contributed by atoms with Gasteiger partial charge in [-0.3, -0.25) is 14.3 Å². The molecule has 0 saturated heterocycles. The van der Waals surface area contributed by atoms with Crippen LogP contribution in [0.25, 0.3) is 11.0 Å². The monoisotopic (exact) mass is 353 g/mol. The van der Waals surface area contributed by atoms with Crippen molar-refractivity contribution < 1.29 is 14.3 Å². The second kappa shape index (κ2) is 6.83. The summed E-state index contributed by atoms with van der Waals surface area (Å²) in [5.74, 6) is -0.305. The van der Waals surface area contributed by atoms with Crippen LogP contribution in [-0.4, -0.2) is 33.2 Å². The van der Waals surface area contributed by atoms with E-state index in [1.807, 2.05) is 13.8 Å². The largest absolute Gasteiger partial charge is 0.484 e. The smallest absolute Gasteiger partial charge is 0.256 e. The molecule has 2 aromatic heterocycles. The summed E-state index contributed by atoms with van der Waals surface area (Å²) in [7, 11) is 1.80. The molecule has 0 spiro atoms. The lowest BCUT2D eigenvalue weighted by atomic mass is 10.1. The van der Waals surface area contributed by atoms with Gasteiger partial charge in [0.25, 0.3) is 11.8 Å². The third-order valence-electron chi connectivity index (χ3n) is 3.83. The Balaban J connectivity index is 1.84. The highest BCUT2D eigenvalue weighted by atomic mass is 16.5. The lowest BCUT2D eigenvalue weighted by Gasteiger charge is -2.09. The van der Waals surface area contributed by atoms with Crippen molar-refractivity contribution in [3.8, 4) is 5.75 Å². The highest BCUT2D eigenvalue weighted by molar-refractivity contribution is 6.12. The van der Waals surface area contributed by atoms with Crippen molar-refractivity contribution >= 4 is 28.5 Å². The number of rotatable bonds is 5. The van der Waals surface area contributed by atoms with Crippen molar-refractivity contribution in [3.05, 3.63) is 47.3 Å². The van der Waals surface area contributed by atoms with Crippen LogP contribution in [0, 0.1) is 13.8 Å². The molecule has 0 aliphatic rings. The molecule has 0 aliphatic heterocycles. The number of nitrogens with two attached hydrogens (primary N) is 1. The molecule has 3 N–H and O–H groups in total. The van der Waals surface area contributed by atoms with E-state index in [1.54, 1.807) is 42.1 Å². The summed E-state index contributed by atoms with van der Waals surface area (Å²) in [6.07, 6.45) is 0. The zero-order valence-corrected chi connectivity index (χ0v) is 14.7. The molecular formula is C18H19N5O3. The predicted molar refractivity (Wildman–Crippen MR) is 97.1 cm³/mol. The van der Waals surface area contributed by atoms with Gasteiger partial charge in [0, 0.05) is 18.4 Å². The number of aryl methyl sites for hydroxylation is 3. The van der Waals surface area contributed by atoms with Crippen molar-refractivity contribution in [3.63, 3.8) is 0 Å². The Morgan fingerprint density at radius 1 is 1.23 bits per heavy atom. The fraction of sp³-hybridized carbons (Fsp3) is 0.222. The first-order valence-corrected chi connectivity index (χ1v) is 7.98. The van der Waals surface area contributed by atoms with E-state index in [1.165, 1.54) is 0 Å². The first kappa shape index (κ1) is 17.4. The van der Waals surface area contributed by atoms with Crippen LogP contribution < -0.4 is 15.8 Å². The molecule has 0 unspecified atom stereocenters. The van der Waals surface area contributed by atoms with Crippen LogP contribution in [0.1, 0.15) is 21.7 Å². The summed E-state index contributed by atoms with van der Waals surface area (Å²) in [6.45, 7) is 3.49. The van der Waals surface area contributed by atoms with Gasteiger partial charge in [-0.2, -0.15) is 5.10 Å². The Labute approximate surface area is 150 Å². The molecule has 3 aromatic rings. The molecule has 26 heavy (non-hydrogen) atoms. The van der Waals surface area contributed by atoms with Crippen LogP contribution in [0.5, 0.6) is 5.75 Å². The van der Waals surface area contributed by atoms with Crippen LogP contribution in [0.3, 0.4) is 0 Å². The molecular weight excluding hydrogens is 334 g/mol. The SMILES string of the molecule is Cc1cc(C(=O)Nc2ccc(OCC(N)=O)cc2)c2c(C)nn(C)c2n1. The molecule has 8 heteroatoms. The number of amides is 2. The van der Waals surface area contributed by atoms with Gasteiger partial charge in [0.1, 0.15) is 5.75 Å². The molecule has 0 fully saturated rings. The van der Waals surface area contributed by atoms with Gasteiger partial charge in [-0.25, -0.2) is 4.98 Å². The Bertz CT molecular complexity index is 992. The van der Waals surface area contributed by atoms with Gasteiger partial charge in [-0.05, 0) is 44.2 Å². The zero-order chi connectivity index (χ0) is 18.8. The number of benzene rings is 1. The molecule has 2 heterocycles. The predicted octanol–water partition coefficient (Wildman–Crippen LogP) is 1.70. The molecule has 0 saturated carbocycles. The van der Waals surface area contributed by atoms with E-state index >= 15 is 0 Å². The molecule has 0 bridgehead atoms. The van der Waals surface area contributed by atoms with Crippen molar-refractivity contribution in [1.29, 1.82) is 0 Å². The molecule has 0 atom stereocenters. The van der Waals surface area contributed by atoms with Crippen LogP contribution in [0.4, 0.5) is 5.69 Å². The molecule has 0 radical (unpaired) electrons. The van der Waals surface area contributed by atoms with E-state index in [9.17, 15) is 9.59 Å². The van der Waals surface area contributed by atoms with E-state index in [-0.39, 0.29) is 12.5 Å². The average Bonchev–Trinajstić information content (AvgIpc) is 2.87. The van der Waals surface area contributed by atoms with Gasteiger partial charge < -0.3 is 15.8 Å². The maximum atomic E-state index is 12.8. The molecule has 8 nitrogen and oxygen atoms in total. The number of nitrogens with zero attached hydrogens (tertiary/aromatic N) is 3. The second-order valence-electron chi connectivity index (χ2n) is 5.95. The topological polar surface area (TPSA) is 112 Å². The number of aromatic nitrogens is 3. The fourth-order valence-corrected chi connectivity index (χ4v) is 2.74. The highest BCUT2D eigenvalue weighted by Gasteiger charge is 2.17. The van der Waals surface area contributed by atoms with E-state index in [2.05, 4.69) is 15.4 Å². The van der Waals surface area contributed by atoms with E-state index in [0.717, 1.165) is 16.8 Å². The number of ether oxygens (including phenoxy) is 1. The van der Waals surface area contributed by atoms with Gasteiger partial charge in [-0.15, -0.1) is 0 Å². The molecule has 1 aromatic carbocycles. The van der Waals surface area contributed by atoms with Gasteiger partial charge in [0.2, 0.25) is 0 Å². The summed E-state index contributed by atoms with van der Waals surface area (Å²) >= 11 is 0. The van der Waals surface area contributed by atoms with Crippen molar-refractivity contribution in [1.82, 2.24) is 14.8 Å². The third kappa shape index (κ3) is 3.49. The molecule has 2 amide bonds. The standard InChI is InChI=1S/C18H19N5O3/c1-10-8-14(16-11(2)22-23(3)17(16)20-10)18(25)21-12-4-6-13(7-5-12)26-9-15(19)24/h4-8H,9H2,1-3H3,(H2,19,24)(H,21,25). The minimum Gasteiger partial charge on any atom is -0.484 e. The van der Waals surface area contributed by atoms with Crippen LogP contribution in [0.2, 0.25) is 0 Å². The average molecular weight is 353 g/mol. The summed E-state index contributed by atoms with van der Waals surface area (Å²) in [4.78, 5) is 28.0. The van der Waals surface area contributed by atoms with E-state index in [4.69, 9.17) is 10.5 Å². The Morgan fingerprint density at radius 2 is 1.92 bits per heavy atom. The van der Waals surface area contributed by atoms with Gasteiger partial charge in [-0.1, -0.05) is 0 Å².